The molecule has 2 rings (SSSR count). The van der Waals surface area contributed by atoms with E-state index in [4.69, 9.17) is 4.74 Å². The third-order valence-electron chi connectivity index (χ3n) is 4.76. The van der Waals surface area contributed by atoms with Gasteiger partial charge in [0, 0.05) is 5.92 Å². The van der Waals surface area contributed by atoms with E-state index in [-0.39, 0.29) is 24.2 Å². The first-order valence-electron chi connectivity index (χ1n) is 8.62. The minimum absolute atomic E-state index is 0.100. The van der Waals surface area contributed by atoms with E-state index in [0.29, 0.717) is 0 Å². The van der Waals surface area contributed by atoms with Crippen molar-refractivity contribution in [2.24, 2.45) is 11.8 Å². The maximum Gasteiger partial charge on any atom is 0.408 e. The summed E-state index contributed by atoms with van der Waals surface area (Å²) in [5.74, 6) is 0.393. The Kier molecular flexibility index (Phi) is 6.63. The highest BCUT2D eigenvalue weighted by molar-refractivity contribution is 5.89. The van der Waals surface area contributed by atoms with Crippen molar-refractivity contribution in [3.63, 3.8) is 0 Å². The predicted molar refractivity (Wildman–Crippen MR) is 90.0 cm³/mol. The Balaban J connectivity index is 1.91. The summed E-state index contributed by atoms with van der Waals surface area (Å²) in [7, 11) is 0. The third-order valence-corrected chi connectivity index (χ3v) is 4.76. The molecule has 1 aliphatic carbocycles. The van der Waals surface area contributed by atoms with Gasteiger partial charge in [0.15, 0.2) is 5.78 Å². The van der Waals surface area contributed by atoms with E-state index < -0.39 is 12.1 Å². The highest BCUT2D eigenvalue weighted by atomic mass is 16.5. The Morgan fingerprint density at radius 2 is 1.87 bits per heavy atom. The molecular formula is C19H27NO3. The van der Waals surface area contributed by atoms with Crippen LogP contribution in [0.3, 0.4) is 0 Å². The number of nitrogens with one attached hydrogen (secondary N) is 1. The maximum atomic E-state index is 12.7. The first-order chi connectivity index (χ1) is 11.1. The van der Waals surface area contributed by atoms with Crippen molar-refractivity contribution in [3.8, 4) is 0 Å². The van der Waals surface area contributed by atoms with Gasteiger partial charge in [-0.1, -0.05) is 63.4 Å². The first-order valence-corrected chi connectivity index (χ1v) is 8.62. The second-order valence-corrected chi connectivity index (χ2v) is 6.45. The molecule has 0 aliphatic heterocycles. The Morgan fingerprint density at radius 3 is 2.48 bits per heavy atom. The van der Waals surface area contributed by atoms with Gasteiger partial charge < -0.3 is 10.1 Å². The van der Waals surface area contributed by atoms with Crippen LogP contribution in [0.1, 0.15) is 51.5 Å². The normalized spacial score (nSPS) is 17.5. The summed E-state index contributed by atoms with van der Waals surface area (Å²) in [6.45, 7) is 4.27. The molecule has 1 saturated carbocycles. The fourth-order valence-electron chi connectivity index (χ4n) is 3.09. The summed E-state index contributed by atoms with van der Waals surface area (Å²) in [4.78, 5) is 24.8. The van der Waals surface area contributed by atoms with Crippen molar-refractivity contribution < 1.29 is 14.3 Å². The van der Waals surface area contributed by atoms with Gasteiger partial charge in [-0.25, -0.2) is 4.79 Å². The van der Waals surface area contributed by atoms with Crippen molar-refractivity contribution in [2.75, 3.05) is 0 Å². The van der Waals surface area contributed by atoms with Crippen LogP contribution in [0, 0.1) is 11.8 Å². The number of carbonyl (C=O) groups excluding carboxylic acids is 2. The van der Waals surface area contributed by atoms with Gasteiger partial charge in [0.25, 0.3) is 0 Å². The highest BCUT2D eigenvalue weighted by Gasteiger charge is 2.33. The molecule has 0 bridgehead atoms. The van der Waals surface area contributed by atoms with Gasteiger partial charge in [0.05, 0.1) is 6.04 Å². The maximum absolute atomic E-state index is 12.7. The molecule has 4 nitrogen and oxygen atoms in total. The smallest absolute Gasteiger partial charge is 0.408 e. The van der Waals surface area contributed by atoms with Gasteiger partial charge in [0.1, 0.15) is 6.61 Å². The zero-order valence-corrected chi connectivity index (χ0v) is 14.1. The predicted octanol–water partition coefficient (Wildman–Crippen LogP) is 4.09. The van der Waals surface area contributed by atoms with Gasteiger partial charge in [-0.3, -0.25) is 4.79 Å². The Hall–Kier alpha value is -1.84. The summed E-state index contributed by atoms with van der Waals surface area (Å²) in [5.41, 5.74) is 0.935. The van der Waals surface area contributed by atoms with Crippen LogP contribution in [0.2, 0.25) is 0 Å². The fourth-order valence-corrected chi connectivity index (χ4v) is 3.09. The van der Waals surface area contributed by atoms with Crippen LogP contribution in [-0.2, 0) is 16.1 Å². The molecule has 0 heterocycles. The van der Waals surface area contributed by atoms with Gasteiger partial charge in [-0.15, -0.1) is 0 Å². The number of ketones is 1. The molecule has 126 valence electrons. The number of alkyl carbamates (subject to hydrolysis) is 1. The number of benzene rings is 1. The molecule has 1 aromatic rings. The third kappa shape index (κ3) is 5.08. The number of hydrogen-bond donors (Lipinski definition) is 1. The van der Waals surface area contributed by atoms with Gasteiger partial charge in [-0.05, 0) is 24.3 Å². The van der Waals surface area contributed by atoms with E-state index in [2.05, 4.69) is 5.32 Å². The number of rotatable bonds is 7. The monoisotopic (exact) mass is 317 g/mol. The lowest BCUT2D eigenvalue weighted by Gasteiger charge is -2.25. The largest absolute Gasteiger partial charge is 0.445 e. The average molecular weight is 317 g/mol. The van der Waals surface area contributed by atoms with Crippen LogP contribution in [-0.4, -0.2) is 17.9 Å². The van der Waals surface area contributed by atoms with Crippen LogP contribution in [0.25, 0.3) is 0 Å². The number of carbonyl (C=O) groups is 2. The van der Waals surface area contributed by atoms with Crippen LogP contribution >= 0.6 is 0 Å². The van der Waals surface area contributed by atoms with Crippen LogP contribution < -0.4 is 5.32 Å². The number of ether oxygens (including phenoxy) is 1. The molecule has 23 heavy (non-hydrogen) atoms. The minimum Gasteiger partial charge on any atom is -0.445 e. The summed E-state index contributed by atoms with van der Waals surface area (Å²) in [5, 5.41) is 2.80. The molecule has 0 radical (unpaired) electrons. The molecule has 0 saturated heterocycles. The van der Waals surface area contributed by atoms with Gasteiger partial charge in [0.2, 0.25) is 0 Å². The molecule has 0 aromatic heterocycles. The van der Waals surface area contributed by atoms with E-state index in [1.165, 1.54) is 0 Å². The van der Waals surface area contributed by atoms with E-state index in [1.54, 1.807) is 0 Å². The number of hydrogen-bond acceptors (Lipinski definition) is 3. The summed E-state index contributed by atoms with van der Waals surface area (Å²) in [6, 6.07) is 9.10. The summed E-state index contributed by atoms with van der Waals surface area (Å²) >= 11 is 0. The summed E-state index contributed by atoms with van der Waals surface area (Å²) in [6.07, 6.45) is 4.47. The molecule has 1 amide bonds. The standard InChI is InChI=1S/C19H27NO3/c1-3-14(2)17(18(21)16-11-7-8-12-16)20-19(22)23-13-15-9-5-4-6-10-15/h4-6,9-10,14,16-17H,3,7-8,11-13H2,1-2H3,(H,20,22). The molecule has 4 heteroatoms. The zero-order chi connectivity index (χ0) is 16.7. The van der Waals surface area contributed by atoms with Crippen LogP contribution in [0.15, 0.2) is 30.3 Å². The molecule has 1 fully saturated rings. The summed E-state index contributed by atoms with van der Waals surface area (Å²) < 4.78 is 5.26. The number of amides is 1. The second-order valence-electron chi connectivity index (χ2n) is 6.45. The van der Waals surface area contributed by atoms with Gasteiger partial charge in [-0.2, -0.15) is 0 Å². The zero-order valence-electron chi connectivity index (χ0n) is 14.1. The van der Waals surface area contributed by atoms with Crippen molar-refractivity contribution in [1.82, 2.24) is 5.32 Å². The van der Waals surface area contributed by atoms with Crippen molar-refractivity contribution in [1.29, 1.82) is 0 Å². The molecule has 0 spiro atoms. The highest BCUT2D eigenvalue weighted by Crippen LogP contribution is 2.28. The van der Waals surface area contributed by atoms with Crippen LogP contribution in [0.5, 0.6) is 0 Å². The lowest BCUT2D eigenvalue weighted by molar-refractivity contribution is -0.125. The quantitative estimate of drug-likeness (QED) is 0.824. The SMILES string of the molecule is CCC(C)C(NC(=O)OCc1ccccc1)C(=O)C1CCCC1. The molecule has 1 N–H and O–H groups in total. The molecule has 2 atom stereocenters. The van der Waals surface area contributed by atoms with Crippen molar-refractivity contribution in [3.05, 3.63) is 35.9 Å². The van der Waals surface area contributed by atoms with Crippen molar-refractivity contribution >= 4 is 11.9 Å². The first kappa shape index (κ1) is 17.5. The molecule has 1 aromatic carbocycles. The Morgan fingerprint density at radius 1 is 1.22 bits per heavy atom. The van der Waals surface area contributed by atoms with E-state index >= 15 is 0 Å². The molecular weight excluding hydrogens is 290 g/mol. The van der Waals surface area contributed by atoms with Gasteiger partial charge >= 0.3 is 6.09 Å². The van der Waals surface area contributed by atoms with Crippen molar-refractivity contribution in [2.45, 2.75) is 58.6 Å². The van der Waals surface area contributed by atoms with E-state index in [9.17, 15) is 9.59 Å². The van der Waals surface area contributed by atoms with E-state index in [0.717, 1.165) is 37.7 Å². The Bertz CT molecular complexity index is 509. The number of Topliss-reactive ketones (excluding diaryl/α,β-unsaturated/α-hetero) is 1. The molecule has 1 aliphatic rings. The molecule has 2 unspecified atom stereocenters. The van der Waals surface area contributed by atoms with Crippen LogP contribution in [0.4, 0.5) is 4.79 Å². The topological polar surface area (TPSA) is 55.4 Å². The lowest BCUT2D eigenvalue weighted by Crippen LogP contribution is -2.47. The second kappa shape index (κ2) is 8.70. The van der Waals surface area contributed by atoms with E-state index in [1.807, 2.05) is 44.2 Å². The fraction of sp³-hybridized carbons (Fsp3) is 0.579. The lowest BCUT2D eigenvalue weighted by atomic mass is 9.88. The Labute approximate surface area is 138 Å². The minimum atomic E-state index is -0.509. The average Bonchev–Trinajstić information content (AvgIpc) is 3.12.